The topological polar surface area (TPSA) is 104 Å². The summed E-state index contributed by atoms with van der Waals surface area (Å²) in [6.07, 6.45) is 3.37. The Morgan fingerprint density at radius 1 is 1.41 bits per heavy atom. The van der Waals surface area contributed by atoms with Crippen molar-refractivity contribution in [3.63, 3.8) is 0 Å². The van der Waals surface area contributed by atoms with Gasteiger partial charge in [-0.1, -0.05) is 6.92 Å². The van der Waals surface area contributed by atoms with Gasteiger partial charge in [-0.3, -0.25) is 4.68 Å². The fraction of sp³-hybridized carbons (Fsp3) is 0.300. The predicted octanol–water partition coefficient (Wildman–Crippen LogP) is 0.665. The Balaban J connectivity index is 3.08. The Morgan fingerprint density at radius 3 is 2.35 bits per heavy atom. The van der Waals surface area contributed by atoms with E-state index in [2.05, 4.69) is 10.4 Å². The quantitative estimate of drug-likeness (QED) is 0.396. The monoisotopic (exact) mass is 239 g/mol. The molecule has 0 aliphatic rings. The van der Waals surface area contributed by atoms with E-state index in [-0.39, 0.29) is 12.1 Å². The molecule has 0 unspecified atom stereocenters. The second-order valence-corrected chi connectivity index (χ2v) is 3.35. The molecule has 0 aromatic carbocycles. The van der Waals surface area contributed by atoms with Crippen molar-refractivity contribution in [2.45, 2.75) is 13.3 Å². The third kappa shape index (κ3) is 3.07. The Morgan fingerprint density at radius 2 is 2.00 bits per heavy atom. The molecule has 7 nitrogen and oxygen atoms in total. The fourth-order valence-corrected chi connectivity index (χ4v) is 1.34. The maximum absolute atomic E-state index is 10.8. The number of carboxylic acid groups (broad SMARTS) is 2. The van der Waals surface area contributed by atoms with Crippen LogP contribution in [0.5, 0.6) is 0 Å². The lowest BCUT2D eigenvalue weighted by Crippen LogP contribution is -2.17. The van der Waals surface area contributed by atoms with Crippen molar-refractivity contribution in [1.82, 2.24) is 9.78 Å². The second kappa shape index (κ2) is 5.15. The summed E-state index contributed by atoms with van der Waals surface area (Å²) in [5.74, 6) is -2.93. The van der Waals surface area contributed by atoms with Gasteiger partial charge in [-0.2, -0.15) is 5.10 Å². The van der Waals surface area contributed by atoms with Crippen LogP contribution in [0.15, 0.2) is 23.7 Å². The van der Waals surface area contributed by atoms with Crippen LogP contribution >= 0.6 is 0 Å². The zero-order valence-corrected chi connectivity index (χ0v) is 9.47. The summed E-state index contributed by atoms with van der Waals surface area (Å²) < 4.78 is 1.52. The van der Waals surface area contributed by atoms with Gasteiger partial charge in [-0.15, -0.1) is 0 Å². The largest absolute Gasteiger partial charge is 0.477 e. The SMILES string of the molecule is CCC(Nc1cnn(C)c1)=C(C(=O)O)C(=O)O. The average Bonchev–Trinajstić information content (AvgIpc) is 2.61. The molecule has 0 saturated carbocycles. The fourth-order valence-electron chi connectivity index (χ4n) is 1.34. The maximum Gasteiger partial charge on any atom is 0.344 e. The molecule has 1 heterocycles. The Labute approximate surface area is 97.4 Å². The summed E-state index contributed by atoms with van der Waals surface area (Å²) in [5.41, 5.74) is 0.0266. The molecule has 3 N–H and O–H groups in total. The minimum atomic E-state index is -1.47. The summed E-state index contributed by atoms with van der Waals surface area (Å²) in [4.78, 5) is 21.7. The molecule has 0 saturated heterocycles. The van der Waals surface area contributed by atoms with Crippen LogP contribution < -0.4 is 5.32 Å². The number of carbonyl (C=O) groups is 2. The molecule has 0 amide bonds. The van der Waals surface area contributed by atoms with Crippen molar-refractivity contribution in [2.24, 2.45) is 7.05 Å². The number of aromatic nitrogens is 2. The molecule has 0 bridgehead atoms. The zero-order chi connectivity index (χ0) is 13.0. The van der Waals surface area contributed by atoms with Crippen molar-refractivity contribution in [3.8, 4) is 0 Å². The van der Waals surface area contributed by atoms with Gasteiger partial charge in [0.1, 0.15) is 0 Å². The van der Waals surface area contributed by atoms with Crippen LogP contribution in [0, 0.1) is 0 Å². The zero-order valence-electron chi connectivity index (χ0n) is 9.47. The Kier molecular flexibility index (Phi) is 3.86. The summed E-state index contributed by atoms with van der Waals surface area (Å²) in [6.45, 7) is 1.67. The van der Waals surface area contributed by atoms with Gasteiger partial charge in [0, 0.05) is 18.9 Å². The van der Waals surface area contributed by atoms with Crippen LogP contribution in [0.25, 0.3) is 0 Å². The van der Waals surface area contributed by atoms with E-state index in [4.69, 9.17) is 10.2 Å². The first-order chi connectivity index (χ1) is 7.95. The number of anilines is 1. The molecular weight excluding hydrogens is 226 g/mol. The number of carboxylic acids is 2. The van der Waals surface area contributed by atoms with Gasteiger partial charge in [0.05, 0.1) is 11.9 Å². The molecule has 0 atom stereocenters. The van der Waals surface area contributed by atoms with Crippen LogP contribution in [0.2, 0.25) is 0 Å². The van der Waals surface area contributed by atoms with Gasteiger partial charge >= 0.3 is 11.9 Å². The molecular formula is C10H13N3O4. The first kappa shape index (κ1) is 12.8. The molecule has 1 rings (SSSR count). The number of rotatable bonds is 5. The number of hydrogen-bond donors (Lipinski definition) is 3. The first-order valence-corrected chi connectivity index (χ1v) is 4.91. The van der Waals surface area contributed by atoms with Crippen molar-refractivity contribution in [3.05, 3.63) is 23.7 Å². The number of allylic oxidation sites excluding steroid dienone is 1. The Bertz CT molecular complexity index is 460. The molecule has 7 heteroatoms. The molecule has 0 spiro atoms. The molecule has 92 valence electrons. The van der Waals surface area contributed by atoms with Crippen LogP contribution in [-0.4, -0.2) is 31.9 Å². The molecule has 17 heavy (non-hydrogen) atoms. The summed E-state index contributed by atoms with van der Waals surface area (Å²) in [5, 5.41) is 24.3. The summed E-state index contributed by atoms with van der Waals surface area (Å²) in [7, 11) is 1.70. The molecule has 1 aromatic rings. The van der Waals surface area contributed by atoms with Gasteiger partial charge in [-0.25, -0.2) is 9.59 Å². The van der Waals surface area contributed by atoms with Crippen molar-refractivity contribution in [2.75, 3.05) is 5.32 Å². The van der Waals surface area contributed by atoms with Gasteiger partial charge in [0.2, 0.25) is 0 Å². The molecule has 0 radical (unpaired) electrons. The van der Waals surface area contributed by atoms with E-state index in [1.54, 1.807) is 20.2 Å². The number of nitrogens with zero attached hydrogens (tertiary/aromatic N) is 2. The van der Waals surface area contributed by atoms with Crippen molar-refractivity contribution < 1.29 is 19.8 Å². The van der Waals surface area contributed by atoms with Gasteiger partial charge in [0.25, 0.3) is 0 Å². The maximum atomic E-state index is 10.8. The highest BCUT2D eigenvalue weighted by Gasteiger charge is 2.21. The smallest absolute Gasteiger partial charge is 0.344 e. The molecule has 0 aliphatic carbocycles. The first-order valence-electron chi connectivity index (χ1n) is 4.91. The van der Waals surface area contributed by atoms with E-state index in [0.717, 1.165) is 0 Å². The number of aliphatic carboxylic acids is 2. The lowest BCUT2D eigenvalue weighted by molar-refractivity contribution is -0.140. The standard InChI is InChI=1S/C10H13N3O4/c1-3-7(8(9(14)15)10(16)17)12-6-4-11-13(2)5-6/h4-5,12H,3H2,1-2H3,(H,14,15)(H,16,17). The van der Waals surface area contributed by atoms with Crippen molar-refractivity contribution in [1.29, 1.82) is 0 Å². The van der Waals surface area contributed by atoms with E-state index in [0.29, 0.717) is 5.69 Å². The third-order valence-corrected chi connectivity index (χ3v) is 2.08. The van der Waals surface area contributed by atoms with Gasteiger partial charge in [0.15, 0.2) is 5.57 Å². The highest BCUT2D eigenvalue weighted by atomic mass is 16.4. The third-order valence-electron chi connectivity index (χ3n) is 2.08. The molecule has 0 fully saturated rings. The van der Waals surface area contributed by atoms with E-state index < -0.39 is 17.5 Å². The van der Waals surface area contributed by atoms with Crippen molar-refractivity contribution >= 4 is 17.6 Å². The van der Waals surface area contributed by atoms with Crippen LogP contribution in [0.3, 0.4) is 0 Å². The highest BCUT2D eigenvalue weighted by molar-refractivity contribution is 6.13. The van der Waals surface area contributed by atoms with Gasteiger partial charge < -0.3 is 15.5 Å². The van der Waals surface area contributed by atoms with E-state index in [9.17, 15) is 9.59 Å². The van der Waals surface area contributed by atoms with Crippen LogP contribution in [0.4, 0.5) is 5.69 Å². The number of aryl methyl sites for hydroxylation is 1. The van der Waals surface area contributed by atoms with E-state index in [1.807, 2.05) is 0 Å². The molecule has 0 aliphatic heterocycles. The predicted molar refractivity (Wildman–Crippen MR) is 59.4 cm³/mol. The van der Waals surface area contributed by atoms with E-state index >= 15 is 0 Å². The highest BCUT2D eigenvalue weighted by Crippen LogP contribution is 2.14. The van der Waals surface area contributed by atoms with E-state index in [1.165, 1.54) is 10.9 Å². The lowest BCUT2D eigenvalue weighted by atomic mass is 10.1. The normalized spacial score (nSPS) is 9.76. The number of nitrogens with one attached hydrogen (secondary N) is 1. The average molecular weight is 239 g/mol. The second-order valence-electron chi connectivity index (χ2n) is 3.35. The van der Waals surface area contributed by atoms with Crippen LogP contribution in [-0.2, 0) is 16.6 Å². The number of hydrogen-bond acceptors (Lipinski definition) is 4. The summed E-state index contributed by atoms with van der Waals surface area (Å²) in [6, 6.07) is 0. The van der Waals surface area contributed by atoms with Gasteiger partial charge in [-0.05, 0) is 6.42 Å². The Hall–Kier alpha value is -2.31. The summed E-state index contributed by atoms with van der Waals surface area (Å²) >= 11 is 0. The lowest BCUT2D eigenvalue weighted by Gasteiger charge is -2.09. The molecule has 1 aromatic heterocycles. The van der Waals surface area contributed by atoms with Crippen LogP contribution in [0.1, 0.15) is 13.3 Å². The minimum absolute atomic E-state index is 0.137. The minimum Gasteiger partial charge on any atom is -0.477 e.